The van der Waals surface area contributed by atoms with Gasteiger partial charge in [0.15, 0.2) is 23.1 Å². The molecule has 0 aliphatic carbocycles. The maximum atomic E-state index is 15.6. The fourth-order valence-electron chi connectivity index (χ4n) is 6.96. The molecule has 310 valence electrons. The molecule has 57 heavy (non-hydrogen) atoms. The highest BCUT2D eigenvalue weighted by molar-refractivity contribution is 6.24. The number of ether oxygens (including phenoxy) is 5. The third-order valence-corrected chi connectivity index (χ3v) is 9.88. The number of carbonyl (C=O) groups excluding carboxylic acids is 2. The Balaban J connectivity index is 1.34. The fourth-order valence-corrected chi connectivity index (χ4v) is 6.96. The van der Waals surface area contributed by atoms with Crippen molar-refractivity contribution in [2.24, 2.45) is 0 Å². The minimum absolute atomic E-state index is 0.0685. The van der Waals surface area contributed by atoms with E-state index in [9.17, 15) is 27.9 Å². The van der Waals surface area contributed by atoms with E-state index in [2.05, 4.69) is 5.32 Å². The Bertz CT molecular complexity index is 1940. The number of aryl methyl sites for hydroxylation is 1. The molecular formula is C40H46F5N3O9. The van der Waals surface area contributed by atoms with Gasteiger partial charge in [-0.2, -0.15) is 13.2 Å². The van der Waals surface area contributed by atoms with Crippen molar-refractivity contribution in [1.29, 1.82) is 0 Å². The molecule has 1 fully saturated rings. The van der Waals surface area contributed by atoms with Crippen LogP contribution in [0.5, 0.6) is 11.5 Å². The molecule has 2 amide bonds. The number of aliphatic hydroxyl groups excluding tert-OH is 2. The maximum Gasteiger partial charge on any atom is 0.416 e. The van der Waals surface area contributed by atoms with Gasteiger partial charge in [-0.1, -0.05) is 24.3 Å². The van der Waals surface area contributed by atoms with Crippen LogP contribution in [0.15, 0.2) is 59.9 Å². The van der Waals surface area contributed by atoms with Gasteiger partial charge in [-0.15, -0.1) is 0 Å². The molecule has 1 atom stereocenters. The molecule has 0 saturated carbocycles. The van der Waals surface area contributed by atoms with E-state index in [0.717, 1.165) is 23.2 Å². The second-order valence-electron chi connectivity index (χ2n) is 13.5. The van der Waals surface area contributed by atoms with Crippen molar-refractivity contribution in [3.05, 3.63) is 88.2 Å². The van der Waals surface area contributed by atoms with Crippen LogP contribution in [-0.4, -0.2) is 105 Å². The van der Waals surface area contributed by atoms with Gasteiger partial charge in [0.1, 0.15) is 11.3 Å². The highest BCUT2D eigenvalue weighted by Gasteiger charge is 2.53. The molecule has 0 spiro atoms. The van der Waals surface area contributed by atoms with Gasteiger partial charge in [0, 0.05) is 35.5 Å². The molecule has 0 unspecified atom stereocenters. The van der Waals surface area contributed by atoms with Crippen molar-refractivity contribution in [2.75, 3.05) is 72.3 Å². The maximum absolute atomic E-state index is 15.6. The molecule has 1 saturated heterocycles. The molecule has 2 aliphatic rings. The number of halogens is 5. The van der Waals surface area contributed by atoms with E-state index in [-0.39, 0.29) is 72.2 Å². The number of fused-ring (bicyclic) bond motifs is 1. The minimum atomic E-state index is -4.75. The third-order valence-electron chi connectivity index (χ3n) is 9.88. The summed E-state index contributed by atoms with van der Waals surface area (Å²) in [6.07, 6.45) is -3.41. The summed E-state index contributed by atoms with van der Waals surface area (Å²) in [6.45, 7) is 3.10. The molecule has 17 heteroatoms. The lowest BCUT2D eigenvalue weighted by molar-refractivity contribution is -0.160. The SMILES string of the molecule is COc1cccc(-c2cc(C(F)(F)F)ccc2NC(=O)C2=C(O)[C@@]3(C)CCCN3N(Cc3ccc(CCCOCCOCCOCCO)c(F)c3F)C2=O)c1OC. The Kier molecular flexibility index (Phi) is 14.5. The number of alkyl halides is 3. The lowest BCUT2D eigenvalue weighted by Crippen LogP contribution is -2.60. The van der Waals surface area contributed by atoms with E-state index in [4.69, 9.17) is 28.8 Å². The van der Waals surface area contributed by atoms with Crippen LogP contribution in [0.3, 0.4) is 0 Å². The predicted octanol–water partition coefficient (Wildman–Crippen LogP) is 6.21. The van der Waals surface area contributed by atoms with Gasteiger partial charge in [0.05, 0.1) is 71.5 Å². The topological polar surface area (TPSA) is 139 Å². The molecule has 0 aromatic heterocycles. The second-order valence-corrected chi connectivity index (χ2v) is 13.5. The number of aliphatic hydroxyl groups is 2. The smallest absolute Gasteiger partial charge is 0.416 e. The predicted molar refractivity (Wildman–Crippen MR) is 197 cm³/mol. The van der Waals surface area contributed by atoms with E-state index in [0.29, 0.717) is 45.7 Å². The van der Waals surface area contributed by atoms with Crippen molar-refractivity contribution >= 4 is 17.5 Å². The fraction of sp³-hybridized carbons (Fsp3) is 0.450. The molecule has 3 aromatic rings. The number of benzene rings is 3. The zero-order valence-corrected chi connectivity index (χ0v) is 31.8. The number of anilines is 1. The number of amides is 2. The first kappa shape index (κ1) is 43.3. The van der Waals surface area contributed by atoms with E-state index in [1.165, 1.54) is 43.5 Å². The number of carbonyl (C=O) groups is 2. The molecule has 0 bridgehead atoms. The molecular weight excluding hydrogens is 761 g/mol. The minimum Gasteiger partial charge on any atom is -0.509 e. The Labute approximate surface area is 326 Å². The summed E-state index contributed by atoms with van der Waals surface area (Å²) in [6, 6.07) is 9.93. The lowest BCUT2D eigenvalue weighted by atomic mass is 9.90. The number of rotatable bonds is 19. The summed E-state index contributed by atoms with van der Waals surface area (Å²) >= 11 is 0. The van der Waals surface area contributed by atoms with Crippen molar-refractivity contribution in [3.63, 3.8) is 0 Å². The third kappa shape index (κ3) is 9.67. The Morgan fingerprint density at radius 1 is 0.895 bits per heavy atom. The van der Waals surface area contributed by atoms with Crippen LogP contribution in [0.2, 0.25) is 0 Å². The van der Waals surface area contributed by atoms with Gasteiger partial charge in [-0.3, -0.25) is 14.6 Å². The van der Waals surface area contributed by atoms with Crippen LogP contribution in [0.1, 0.15) is 42.9 Å². The standard InChI is InChI=1S/C40H46F5N3O9/c1-39-14-6-15-48(39)47(24-26-11-10-25(33(41)34(26)42)7-5-17-55-19-21-57-22-20-56-18-16-49)38(52)32(36(39)50)37(51)46-30-13-12-27(40(43,44)45)23-29(30)28-8-4-9-31(53-2)35(28)54-3/h4,8-13,23,49-50H,5-7,14-22,24H2,1-3H3,(H,46,51)/t39-/m1/s1. The van der Waals surface area contributed by atoms with Crippen LogP contribution in [0, 0.1) is 11.6 Å². The first-order valence-electron chi connectivity index (χ1n) is 18.3. The highest BCUT2D eigenvalue weighted by Crippen LogP contribution is 2.45. The zero-order chi connectivity index (χ0) is 41.3. The normalized spacial score (nSPS) is 17.3. The number of nitrogens with one attached hydrogen (secondary N) is 1. The molecule has 5 rings (SSSR count). The quantitative estimate of drug-likeness (QED) is 0.0729. The summed E-state index contributed by atoms with van der Waals surface area (Å²) in [5, 5.41) is 25.3. The number of nitrogens with zero attached hydrogens (tertiary/aromatic N) is 2. The van der Waals surface area contributed by atoms with Gasteiger partial charge in [-0.25, -0.2) is 13.8 Å². The zero-order valence-electron chi connectivity index (χ0n) is 31.8. The van der Waals surface area contributed by atoms with Crippen molar-refractivity contribution in [2.45, 2.75) is 50.9 Å². The van der Waals surface area contributed by atoms with E-state index in [1.807, 2.05) is 0 Å². The Morgan fingerprint density at radius 2 is 1.56 bits per heavy atom. The van der Waals surface area contributed by atoms with Crippen LogP contribution in [-0.2, 0) is 42.9 Å². The average Bonchev–Trinajstić information content (AvgIpc) is 3.59. The molecule has 2 heterocycles. The summed E-state index contributed by atoms with van der Waals surface area (Å²) in [4.78, 5) is 28.2. The largest absolute Gasteiger partial charge is 0.509 e. The second kappa shape index (κ2) is 19.1. The number of hydrazine groups is 1. The lowest BCUT2D eigenvalue weighted by Gasteiger charge is -2.46. The highest BCUT2D eigenvalue weighted by atomic mass is 19.4. The molecule has 0 radical (unpaired) electrons. The summed E-state index contributed by atoms with van der Waals surface area (Å²) in [7, 11) is 2.66. The van der Waals surface area contributed by atoms with E-state index >= 15 is 8.78 Å². The number of hydrogen-bond donors (Lipinski definition) is 3. The van der Waals surface area contributed by atoms with E-state index < -0.39 is 58.6 Å². The summed E-state index contributed by atoms with van der Waals surface area (Å²) in [5.74, 6) is -4.68. The van der Waals surface area contributed by atoms with Crippen LogP contribution < -0.4 is 14.8 Å². The molecule has 2 aliphatic heterocycles. The van der Waals surface area contributed by atoms with Crippen LogP contribution in [0.25, 0.3) is 11.1 Å². The van der Waals surface area contributed by atoms with Crippen molar-refractivity contribution in [1.82, 2.24) is 10.0 Å². The van der Waals surface area contributed by atoms with E-state index in [1.54, 1.807) is 13.0 Å². The average molecular weight is 808 g/mol. The molecule has 3 N–H and O–H groups in total. The van der Waals surface area contributed by atoms with Crippen LogP contribution >= 0.6 is 0 Å². The monoisotopic (exact) mass is 807 g/mol. The first-order valence-corrected chi connectivity index (χ1v) is 18.3. The number of para-hydroxylation sites is 1. The van der Waals surface area contributed by atoms with Gasteiger partial charge < -0.3 is 39.2 Å². The first-order chi connectivity index (χ1) is 27.3. The van der Waals surface area contributed by atoms with Crippen LogP contribution in [0.4, 0.5) is 27.6 Å². The van der Waals surface area contributed by atoms with Gasteiger partial charge in [0.2, 0.25) is 0 Å². The summed E-state index contributed by atoms with van der Waals surface area (Å²) < 4.78 is 99.4. The molecule has 3 aromatic carbocycles. The van der Waals surface area contributed by atoms with Crippen molar-refractivity contribution < 1.29 is 65.4 Å². The molecule has 12 nitrogen and oxygen atoms in total. The van der Waals surface area contributed by atoms with Gasteiger partial charge in [-0.05, 0) is 62.4 Å². The number of methoxy groups -OCH3 is 2. The Hall–Kier alpha value is -4.81. The van der Waals surface area contributed by atoms with Crippen molar-refractivity contribution in [3.8, 4) is 22.6 Å². The van der Waals surface area contributed by atoms with Gasteiger partial charge in [0.25, 0.3) is 11.8 Å². The Morgan fingerprint density at radius 3 is 2.23 bits per heavy atom. The summed E-state index contributed by atoms with van der Waals surface area (Å²) in [5.41, 5.74) is -3.19. The van der Waals surface area contributed by atoms with Gasteiger partial charge >= 0.3 is 6.18 Å². The number of hydrogen-bond acceptors (Lipinski definition) is 10.